The molecule has 3 heterocycles. The molecule has 0 aromatic rings. The van der Waals surface area contributed by atoms with Gasteiger partial charge in [-0.1, -0.05) is 6.08 Å². The molecule has 74 valence electrons. The van der Waals surface area contributed by atoms with Gasteiger partial charge in [0.1, 0.15) is 5.60 Å². The highest BCUT2D eigenvalue weighted by molar-refractivity contribution is 5.24. The first kappa shape index (κ1) is 8.42. The number of hydrogen-bond acceptors (Lipinski definition) is 4. The Bertz CT molecular complexity index is 316. The molecule has 3 atom stereocenters. The van der Waals surface area contributed by atoms with Crippen LogP contribution in [0.5, 0.6) is 0 Å². The zero-order valence-corrected chi connectivity index (χ0v) is 7.68. The van der Waals surface area contributed by atoms with Crippen LogP contribution in [-0.4, -0.2) is 31.2 Å². The summed E-state index contributed by atoms with van der Waals surface area (Å²) < 4.78 is 16.6. The molecule has 0 saturated carbocycles. The van der Waals surface area contributed by atoms with Gasteiger partial charge in [0, 0.05) is 6.42 Å². The summed E-state index contributed by atoms with van der Waals surface area (Å²) in [5, 5.41) is 8.90. The normalized spacial score (nSPS) is 45.9. The van der Waals surface area contributed by atoms with Crippen molar-refractivity contribution in [3.8, 4) is 6.07 Å². The molecule has 0 amide bonds. The van der Waals surface area contributed by atoms with E-state index in [2.05, 4.69) is 6.07 Å². The molecule has 3 aliphatic rings. The van der Waals surface area contributed by atoms with Gasteiger partial charge in [-0.25, -0.2) is 0 Å². The molecule has 2 fully saturated rings. The number of ether oxygens (including phenoxy) is 3. The van der Waals surface area contributed by atoms with Crippen molar-refractivity contribution in [3.05, 3.63) is 12.2 Å². The lowest BCUT2D eigenvalue weighted by molar-refractivity contribution is -0.164. The smallest absolute Gasteiger partial charge is 0.190 e. The summed E-state index contributed by atoms with van der Waals surface area (Å²) in [6.45, 7) is 1.23. The lowest BCUT2D eigenvalue weighted by Crippen LogP contribution is -2.39. The van der Waals surface area contributed by atoms with Gasteiger partial charge in [0.05, 0.1) is 31.3 Å². The van der Waals surface area contributed by atoms with Crippen molar-refractivity contribution in [2.24, 2.45) is 5.92 Å². The summed E-state index contributed by atoms with van der Waals surface area (Å²) in [4.78, 5) is 0. The summed E-state index contributed by atoms with van der Waals surface area (Å²) in [6.07, 6.45) is 4.24. The van der Waals surface area contributed by atoms with Gasteiger partial charge in [-0.15, -0.1) is 0 Å². The zero-order valence-electron chi connectivity index (χ0n) is 7.68. The van der Waals surface area contributed by atoms with E-state index in [4.69, 9.17) is 19.5 Å². The van der Waals surface area contributed by atoms with Crippen molar-refractivity contribution in [2.75, 3.05) is 13.2 Å². The lowest BCUT2D eigenvalue weighted by Gasteiger charge is -2.27. The highest BCUT2D eigenvalue weighted by Gasteiger charge is 2.55. The third-order valence-electron chi connectivity index (χ3n) is 3.05. The topological polar surface area (TPSA) is 51.5 Å². The van der Waals surface area contributed by atoms with Gasteiger partial charge in [-0.05, 0) is 6.08 Å². The molecule has 0 radical (unpaired) electrons. The molecule has 4 heteroatoms. The molecule has 4 nitrogen and oxygen atoms in total. The second kappa shape index (κ2) is 2.80. The fourth-order valence-electron chi connectivity index (χ4n) is 2.37. The summed E-state index contributed by atoms with van der Waals surface area (Å²) in [6, 6.07) is 2.26. The monoisotopic (exact) mass is 193 g/mol. The highest BCUT2D eigenvalue weighted by Crippen LogP contribution is 2.45. The molecule has 3 rings (SSSR count). The molecule has 2 saturated heterocycles. The highest BCUT2D eigenvalue weighted by atomic mass is 16.7. The van der Waals surface area contributed by atoms with Gasteiger partial charge in [-0.3, -0.25) is 0 Å². The Morgan fingerprint density at radius 2 is 2.14 bits per heavy atom. The van der Waals surface area contributed by atoms with Crippen LogP contribution < -0.4 is 0 Å². The predicted molar refractivity (Wildman–Crippen MR) is 46.2 cm³/mol. The Balaban J connectivity index is 1.86. The molecule has 2 bridgehead atoms. The Hall–Kier alpha value is -0.890. The minimum atomic E-state index is -0.485. The molecule has 14 heavy (non-hydrogen) atoms. The van der Waals surface area contributed by atoms with E-state index in [0.717, 1.165) is 0 Å². The summed E-state index contributed by atoms with van der Waals surface area (Å²) in [7, 11) is 0. The third kappa shape index (κ3) is 0.976. The Labute approximate surface area is 82.0 Å². The van der Waals surface area contributed by atoms with E-state index in [0.29, 0.717) is 19.6 Å². The van der Waals surface area contributed by atoms with Gasteiger partial charge >= 0.3 is 0 Å². The van der Waals surface area contributed by atoms with Gasteiger partial charge in [0.25, 0.3) is 0 Å². The van der Waals surface area contributed by atoms with Crippen molar-refractivity contribution in [1.82, 2.24) is 0 Å². The standard InChI is InChI=1S/C10H11NO3/c11-6-7-5-10(2-1-8(7)14-10)9-12-3-4-13-9/h1-2,7-9H,3-5H2/t7?,8-,10+/m0/s1. The number of hydrogen-bond donors (Lipinski definition) is 0. The SMILES string of the molecule is N#CC1C[C@@]2(C3OCCO3)C=C[C@@H]1O2. The fraction of sp³-hybridized carbons (Fsp3) is 0.700. The third-order valence-corrected chi connectivity index (χ3v) is 3.05. The van der Waals surface area contributed by atoms with E-state index >= 15 is 0 Å². The summed E-state index contributed by atoms with van der Waals surface area (Å²) in [5.74, 6) is -0.0483. The molecule has 3 aliphatic heterocycles. The quantitative estimate of drug-likeness (QED) is 0.572. The van der Waals surface area contributed by atoms with E-state index in [-0.39, 0.29) is 18.3 Å². The zero-order chi connectivity index (χ0) is 9.60. The second-order valence-corrected chi connectivity index (χ2v) is 3.91. The van der Waals surface area contributed by atoms with E-state index in [1.165, 1.54) is 0 Å². The van der Waals surface area contributed by atoms with Crippen LogP contribution >= 0.6 is 0 Å². The molecule has 0 aromatic heterocycles. The first-order chi connectivity index (χ1) is 6.84. The maximum atomic E-state index is 8.90. The summed E-state index contributed by atoms with van der Waals surface area (Å²) in [5.41, 5.74) is -0.485. The molecule has 0 spiro atoms. The Morgan fingerprint density at radius 3 is 2.79 bits per heavy atom. The number of nitrogens with zero attached hydrogens (tertiary/aromatic N) is 1. The lowest BCUT2D eigenvalue weighted by atomic mass is 9.87. The van der Waals surface area contributed by atoms with Gasteiger partial charge in [0.2, 0.25) is 0 Å². The first-order valence-electron chi connectivity index (χ1n) is 4.84. The molecular weight excluding hydrogens is 182 g/mol. The van der Waals surface area contributed by atoms with Crippen LogP contribution in [0.3, 0.4) is 0 Å². The van der Waals surface area contributed by atoms with Gasteiger partial charge < -0.3 is 14.2 Å². The minimum absolute atomic E-state index is 0.0483. The van der Waals surface area contributed by atoms with E-state index in [1.807, 2.05) is 12.2 Å². The molecule has 0 aliphatic carbocycles. The molecule has 0 aromatic carbocycles. The van der Waals surface area contributed by atoms with Crippen molar-refractivity contribution in [3.63, 3.8) is 0 Å². The van der Waals surface area contributed by atoms with Crippen LogP contribution in [0.2, 0.25) is 0 Å². The van der Waals surface area contributed by atoms with E-state index < -0.39 is 5.60 Å². The van der Waals surface area contributed by atoms with Crippen LogP contribution in [0.4, 0.5) is 0 Å². The number of rotatable bonds is 1. The van der Waals surface area contributed by atoms with Crippen molar-refractivity contribution >= 4 is 0 Å². The van der Waals surface area contributed by atoms with Crippen LogP contribution in [0.15, 0.2) is 12.2 Å². The van der Waals surface area contributed by atoms with Crippen molar-refractivity contribution in [1.29, 1.82) is 5.26 Å². The van der Waals surface area contributed by atoms with E-state index in [1.54, 1.807) is 0 Å². The molecule has 0 N–H and O–H groups in total. The van der Waals surface area contributed by atoms with E-state index in [9.17, 15) is 0 Å². The molecular formula is C10H11NO3. The average molecular weight is 193 g/mol. The van der Waals surface area contributed by atoms with Crippen LogP contribution in [0.1, 0.15) is 6.42 Å². The minimum Gasteiger partial charge on any atom is -0.357 e. The maximum absolute atomic E-state index is 8.90. The van der Waals surface area contributed by atoms with Gasteiger partial charge in [-0.2, -0.15) is 5.26 Å². The maximum Gasteiger partial charge on any atom is 0.190 e. The fourth-order valence-corrected chi connectivity index (χ4v) is 2.37. The first-order valence-corrected chi connectivity index (χ1v) is 4.84. The predicted octanol–water partition coefficient (Wildman–Crippen LogP) is 0.597. The molecule has 1 unspecified atom stereocenters. The van der Waals surface area contributed by atoms with Crippen LogP contribution in [-0.2, 0) is 14.2 Å². The average Bonchev–Trinajstić information content (AvgIpc) is 2.92. The number of nitriles is 1. The summed E-state index contributed by atoms with van der Waals surface area (Å²) >= 11 is 0. The Kier molecular flexibility index (Phi) is 1.68. The second-order valence-electron chi connectivity index (χ2n) is 3.91. The van der Waals surface area contributed by atoms with Crippen molar-refractivity contribution < 1.29 is 14.2 Å². The Morgan fingerprint density at radius 1 is 1.36 bits per heavy atom. The number of fused-ring (bicyclic) bond motifs is 2. The van der Waals surface area contributed by atoms with Gasteiger partial charge in [0.15, 0.2) is 6.29 Å². The van der Waals surface area contributed by atoms with Crippen LogP contribution in [0, 0.1) is 17.2 Å². The van der Waals surface area contributed by atoms with Crippen molar-refractivity contribution in [2.45, 2.75) is 24.4 Å². The van der Waals surface area contributed by atoms with Crippen LogP contribution in [0.25, 0.3) is 0 Å². The largest absolute Gasteiger partial charge is 0.357 e.